The summed E-state index contributed by atoms with van der Waals surface area (Å²) < 4.78 is 0. The van der Waals surface area contributed by atoms with Crippen molar-refractivity contribution in [1.29, 1.82) is 0 Å². The molecule has 0 spiro atoms. The monoisotopic (exact) mass is 230 g/mol. The van der Waals surface area contributed by atoms with Gasteiger partial charge < -0.3 is 15.3 Å². The zero-order chi connectivity index (χ0) is 10.8. The molecule has 1 heterocycles. The van der Waals surface area contributed by atoms with E-state index in [1.165, 1.54) is 0 Å². The number of nitrogens with zero attached hydrogens (tertiary/aromatic N) is 1. The van der Waals surface area contributed by atoms with Crippen molar-refractivity contribution in [1.82, 2.24) is 10.2 Å². The van der Waals surface area contributed by atoms with Gasteiger partial charge in [-0.1, -0.05) is 11.8 Å². The van der Waals surface area contributed by atoms with Crippen molar-refractivity contribution in [3.63, 3.8) is 0 Å². The van der Waals surface area contributed by atoms with Gasteiger partial charge in [0.2, 0.25) is 5.91 Å². The Hall–Kier alpha value is -0.750. The maximum atomic E-state index is 11.9. The van der Waals surface area contributed by atoms with Crippen LogP contribution in [-0.4, -0.2) is 52.1 Å². The third-order valence-electron chi connectivity index (χ3n) is 2.58. The van der Waals surface area contributed by atoms with Crippen molar-refractivity contribution in [2.75, 3.05) is 18.9 Å². The molecule has 1 unspecified atom stereocenters. The SMILES string of the molecule is O=C1NC(C(=O)N(CCO)C2CC2)CS1. The minimum atomic E-state index is -0.394. The number of hydrogen-bond acceptors (Lipinski definition) is 4. The van der Waals surface area contributed by atoms with Crippen LogP contribution in [0.4, 0.5) is 4.79 Å². The molecule has 2 fully saturated rings. The molecular formula is C9H14N2O3S. The van der Waals surface area contributed by atoms with Crippen LogP contribution in [0.25, 0.3) is 0 Å². The van der Waals surface area contributed by atoms with Crippen LogP contribution < -0.4 is 5.32 Å². The second-order valence-corrected chi connectivity index (χ2v) is 4.77. The summed E-state index contributed by atoms with van der Waals surface area (Å²) in [6.07, 6.45) is 2.03. The highest BCUT2D eigenvalue weighted by atomic mass is 32.2. The van der Waals surface area contributed by atoms with Crippen molar-refractivity contribution in [2.24, 2.45) is 0 Å². The average Bonchev–Trinajstić information content (AvgIpc) is 2.96. The van der Waals surface area contributed by atoms with Gasteiger partial charge in [0.15, 0.2) is 0 Å². The molecule has 2 aliphatic rings. The lowest BCUT2D eigenvalue weighted by Gasteiger charge is -2.24. The van der Waals surface area contributed by atoms with E-state index in [1.54, 1.807) is 4.90 Å². The maximum Gasteiger partial charge on any atom is 0.279 e. The van der Waals surface area contributed by atoms with Crippen LogP contribution in [0, 0.1) is 0 Å². The smallest absolute Gasteiger partial charge is 0.279 e. The van der Waals surface area contributed by atoms with E-state index >= 15 is 0 Å². The normalized spacial score (nSPS) is 25.1. The molecule has 0 aromatic heterocycles. The Balaban J connectivity index is 1.94. The number of carbonyl (C=O) groups excluding carboxylic acids is 2. The molecule has 5 nitrogen and oxygen atoms in total. The number of carbonyl (C=O) groups is 2. The number of thioether (sulfide) groups is 1. The molecule has 15 heavy (non-hydrogen) atoms. The zero-order valence-electron chi connectivity index (χ0n) is 8.31. The summed E-state index contributed by atoms with van der Waals surface area (Å²) in [7, 11) is 0. The van der Waals surface area contributed by atoms with Crippen LogP contribution in [0.2, 0.25) is 0 Å². The van der Waals surface area contributed by atoms with Gasteiger partial charge in [0, 0.05) is 18.3 Å². The highest BCUT2D eigenvalue weighted by molar-refractivity contribution is 8.14. The molecule has 2 N–H and O–H groups in total. The topological polar surface area (TPSA) is 69.6 Å². The number of nitrogens with one attached hydrogen (secondary N) is 1. The minimum absolute atomic E-state index is 0.0178. The van der Waals surface area contributed by atoms with Gasteiger partial charge >= 0.3 is 0 Å². The molecule has 84 valence electrons. The first-order valence-electron chi connectivity index (χ1n) is 5.07. The van der Waals surface area contributed by atoms with Crippen molar-refractivity contribution in [2.45, 2.75) is 24.9 Å². The first-order chi connectivity index (χ1) is 7.22. The van der Waals surface area contributed by atoms with Gasteiger partial charge in [-0.25, -0.2) is 0 Å². The number of hydrogen-bond donors (Lipinski definition) is 2. The van der Waals surface area contributed by atoms with Crippen molar-refractivity contribution in [3.05, 3.63) is 0 Å². The van der Waals surface area contributed by atoms with Crippen LogP contribution in [0.5, 0.6) is 0 Å². The van der Waals surface area contributed by atoms with Gasteiger partial charge in [0.1, 0.15) is 6.04 Å². The fraction of sp³-hybridized carbons (Fsp3) is 0.778. The lowest BCUT2D eigenvalue weighted by molar-refractivity contribution is -0.133. The summed E-state index contributed by atoms with van der Waals surface area (Å²) in [5.41, 5.74) is 0. The van der Waals surface area contributed by atoms with Crippen molar-refractivity contribution >= 4 is 22.9 Å². The molecule has 0 radical (unpaired) electrons. The molecule has 1 saturated heterocycles. The third kappa shape index (κ3) is 2.43. The Kier molecular flexibility index (Phi) is 3.16. The van der Waals surface area contributed by atoms with E-state index in [0.29, 0.717) is 12.3 Å². The Morgan fingerprint density at radius 3 is 2.80 bits per heavy atom. The fourth-order valence-electron chi connectivity index (χ4n) is 1.68. The molecular weight excluding hydrogens is 216 g/mol. The molecule has 0 aromatic rings. The van der Waals surface area contributed by atoms with E-state index in [-0.39, 0.29) is 23.8 Å². The van der Waals surface area contributed by atoms with E-state index in [1.807, 2.05) is 0 Å². The van der Waals surface area contributed by atoms with E-state index in [0.717, 1.165) is 24.6 Å². The Morgan fingerprint density at radius 1 is 1.60 bits per heavy atom. The van der Waals surface area contributed by atoms with Crippen molar-refractivity contribution < 1.29 is 14.7 Å². The first-order valence-corrected chi connectivity index (χ1v) is 6.05. The fourth-order valence-corrected chi connectivity index (χ4v) is 2.45. The number of aliphatic hydroxyl groups is 1. The highest BCUT2D eigenvalue weighted by Gasteiger charge is 2.38. The molecule has 2 rings (SSSR count). The van der Waals surface area contributed by atoms with Crippen LogP contribution in [0.3, 0.4) is 0 Å². The molecule has 0 aromatic carbocycles. The summed E-state index contributed by atoms with van der Waals surface area (Å²) in [5.74, 6) is 0.455. The zero-order valence-corrected chi connectivity index (χ0v) is 9.13. The Bertz CT molecular complexity index is 281. The molecule has 1 aliphatic carbocycles. The predicted octanol–water partition coefficient (Wildman–Crippen LogP) is -0.205. The molecule has 0 bridgehead atoms. The van der Waals surface area contributed by atoms with E-state index in [2.05, 4.69) is 5.32 Å². The quantitative estimate of drug-likeness (QED) is 0.701. The standard InChI is InChI=1S/C9H14N2O3S/c12-4-3-11(6-1-2-6)8(13)7-5-15-9(14)10-7/h6-7,12H,1-5H2,(H,10,14). The lowest BCUT2D eigenvalue weighted by atomic mass is 10.3. The summed E-state index contributed by atoms with van der Waals surface area (Å²) in [5, 5.41) is 11.4. The summed E-state index contributed by atoms with van der Waals surface area (Å²) in [6.45, 7) is 0.358. The van der Waals surface area contributed by atoms with Crippen LogP contribution in [0.1, 0.15) is 12.8 Å². The van der Waals surface area contributed by atoms with E-state index in [4.69, 9.17) is 5.11 Å². The van der Waals surface area contributed by atoms with Gasteiger partial charge in [-0.3, -0.25) is 9.59 Å². The van der Waals surface area contributed by atoms with Gasteiger partial charge in [-0.05, 0) is 12.8 Å². The minimum Gasteiger partial charge on any atom is -0.395 e. The van der Waals surface area contributed by atoms with E-state index in [9.17, 15) is 9.59 Å². The average molecular weight is 230 g/mol. The molecule has 1 saturated carbocycles. The second kappa shape index (κ2) is 4.40. The van der Waals surface area contributed by atoms with Gasteiger partial charge in [-0.2, -0.15) is 0 Å². The summed E-state index contributed by atoms with van der Waals surface area (Å²) in [6, 6.07) is -0.109. The van der Waals surface area contributed by atoms with Crippen LogP contribution >= 0.6 is 11.8 Å². The number of aliphatic hydroxyl groups excluding tert-OH is 1. The maximum absolute atomic E-state index is 11.9. The molecule has 1 aliphatic heterocycles. The van der Waals surface area contributed by atoms with Crippen LogP contribution in [-0.2, 0) is 4.79 Å². The summed E-state index contributed by atoms with van der Waals surface area (Å²) in [4.78, 5) is 24.6. The lowest BCUT2D eigenvalue weighted by Crippen LogP contribution is -2.47. The Morgan fingerprint density at radius 2 is 2.33 bits per heavy atom. The highest BCUT2D eigenvalue weighted by Crippen LogP contribution is 2.28. The molecule has 1 atom stereocenters. The Labute approximate surface area is 92.2 Å². The van der Waals surface area contributed by atoms with Crippen molar-refractivity contribution in [3.8, 4) is 0 Å². The largest absolute Gasteiger partial charge is 0.395 e. The summed E-state index contributed by atoms with van der Waals surface area (Å²) >= 11 is 1.14. The second-order valence-electron chi connectivity index (χ2n) is 3.78. The first kappa shape index (κ1) is 10.8. The third-order valence-corrected chi connectivity index (χ3v) is 3.46. The van der Waals surface area contributed by atoms with Gasteiger partial charge in [-0.15, -0.1) is 0 Å². The van der Waals surface area contributed by atoms with Gasteiger partial charge in [0.05, 0.1) is 6.61 Å². The van der Waals surface area contributed by atoms with E-state index < -0.39 is 6.04 Å². The number of amides is 2. The van der Waals surface area contributed by atoms with Crippen LogP contribution in [0.15, 0.2) is 0 Å². The predicted molar refractivity (Wildman–Crippen MR) is 56.6 cm³/mol. The van der Waals surface area contributed by atoms with Gasteiger partial charge in [0.25, 0.3) is 5.24 Å². The molecule has 2 amide bonds. The molecule has 6 heteroatoms. The number of rotatable bonds is 4.